The average molecular weight is 324 g/mol. The maximum Gasteiger partial charge on any atom is 0.241 e. The summed E-state index contributed by atoms with van der Waals surface area (Å²) in [7, 11) is 0. The molecule has 0 saturated carbocycles. The maximum atomic E-state index is 11.9. The van der Waals surface area contributed by atoms with Crippen molar-refractivity contribution in [3.63, 3.8) is 0 Å². The SMILES string of the molecule is Cc1cc(N)n(CC(=O)NCCc2cnn(-c3ccccc3)c2)n1. The van der Waals surface area contributed by atoms with Gasteiger partial charge in [0.1, 0.15) is 12.4 Å². The molecule has 0 aliphatic heterocycles. The van der Waals surface area contributed by atoms with Gasteiger partial charge in [0.25, 0.3) is 0 Å². The summed E-state index contributed by atoms with van der Waals surface area (Å²) in [5.41, 5.74) is 8.65. The molecule has 0 fully saturated rings. The van der Waals surface area contributed by atoms with Crippen LogP contribution in [0.5, 0.6) is 0 Å². The highest BCUT2D eigenvalue weighted by Crippen LogP contribution is 2.08. The van der Waals surface area contributed by atoms with E-state index in [2.05, 4.69) is 15.5 Å². The molecule has 3 rings (SSSR count). The van der Waals surface area contributed by atoms with Gasteiger partial charge in [0.2, 0.25) is 5.91 Å². The average Bonchev–Trinajstić information content (AvgIpc) is 3.15. The molecule has 3 aromatic rings. The van der Waals surface area contributed by atoms with Gasteiger partial charge in [-0.2, -0.15) is 10.2 Å². The third-order valence-electron chi connectivity index (χ3n) is 3.62. The standard InChI is InChI=1S/C17H20N6O/c1-13-9-16(18)23(21-13)12-17(24)19-8-7-14-10-20-22(11-14)15-5-3-2-4-6-15/h2-6,9-11H,7-8,12,18H2,1H3,(H,19,24). The lowest BCUT2D eigenvalue weighted by molar-refractivity contribution is -0.121. The van der Waals surface area contributed by atoms with E-state index in [4.69, 9.17) is 5.73 Å². The second-order valence-electron chi connectivity index (χ2n) is 5.60. The maximum absolute atomic E-state index is 11.9. The summed E-state index contributed by atoms with van der Waals surface area (Å²) in [6.07, 6.45) is 4.50. The van der Waals surface area contributed by atoms with Gasteiger partial charge in [-0.1, -0.05) is 18.2 Å². The number of nitrogens with one attached hydrogen (secondary N) is 1. The van der Waals surface area contributed by atoms with Crippen LogP contribution in [0.3, 0.4) is 0 Å². The van der Waals surface area contributed by atoms with Crippen LogP contribution in [0, 0.1) is 6.92 Å². The molecular formula is C17H20N6O. The Morgan fingerprint density at radius 3 is 2.79 bits per heavy atom. The normalized spacial score (nSPS) is 10.7. The first kappa shape index (κ1) is 15.8. The van der Waals surface area contributed by atoms with Gasteiger partial charge < -0.3 is 11.1 Å². The summed E-state index contributed by atoms with van der Waals surface area (Å²) in [6.45, 7) is 2.51. The third kappa shape index (κ3) is 3.81. The number of hydrogen-bond acceptors (Lipinski definition) is 4. The second kappa shape index (κ2) is 6.99. The van der Waals surface area contributed by atoms with E-state index in [1.165, 1.54) is 4.68 Å². The van der Waals surface area contributed by atoms with Crippen LogP contribution in [0.15, 0.2) is 48.8 Å². The van der Waals surface area contributed by atoms with Crippen molar-refractivity contribution in [1.29, 1.82) is 0 Å². The molecule has 0 radical (unpaired) electrons. The minimum absolute atomic E-state index is 0.111. The lowest BCUT2D eigenvalue weighted by Gasteiger charge is -2.05. The molecule has 2 heterocycles. The lowest BCUT2D eigenvalue weighted by Crippen LogP contribution is -2.30. The van der Waals surface area contributed by atoms with Crippen molar-refractivity contribution in [2.24, 2.45) is 0 Å². The van der Waals surface area contributed by atoms with E-state index < -0.39 is 0 Å². The number of carbonyl (C=O) groups is 1. The molecule has 0 aliphatic rings. The highest BCUT2D eigenvalue weighted by molar-refractivity contribution is 5.76. The van der Waals surface area contributed by atoms with Crippen LogP contribution in [0.4, 0.5) is 5.82 Å². The van der Waals surface area contributed by atoms with Gasteiger partial charge in [0.05, 0.1) is 17.6 Å². The van der Waals surface area contributed by atoms with Gasteiger partial charge in [-0.25, -0.2) is 9.36 Å². The Bertz CT molecular complexity index is 821. The Hall–Kier alpha value is -3.09. The summed E-state index contributed by atoms with van der Waals surface area (Å²) in [4.78, 5) is 11.9. The molecule has 0 saturated heterocycles. The molecule has 7 nitrogen and oxygen atoms in total. The molecule has 1 amide bonds. The number of aromatic nitrogens is 4. The largest absolute Gasteiger partial charge is 0.384 e. The van der Waals surface area contributed by atoms with Crippen LogP contribution in [0.1, 0.15) is 11.3 Å². The molecule has 2 aromatic heterocycles. The Balaban J connectivity index is 1.49. The van der Waals surface area contributed by atoms with Crippen molar-refractivity contribution < 1.29 is 4.79 Å². The fourth-order valence-electron chi connectivity index (χ4n) is 2.44. The number of para-hydroxylation sites is 1. The van der Waals surface area contributed by atoms with E-state index in [0.717, 1.165) is 16.9 Å². The van der Waals surface area contributed by atoms with E-state index in [0.29, 0.717) is 18.8 Å². The number of rotatable bonds is 6. The molecule has 0 aliphatic carbocycles. The number of carbonyl (C=O) groups excluding carboxylic acids is 1. The number of nitrogens with two attached hydrogens (primary N) is 1. The number of nitrogens with zero attached hydrogens (tertiary/aromatic N) is 4. The molecule has 7 heteroatoms. The van der Waals surface area contributed by atoms with Gasteiger partial charge in [0, 0.05) is 18.8 Å². The van der Waals surface area contributed by atoms with Gasteiger partial charge >= 0.3 is 0 Å². The van der Waals surface area contributed by atoms with E-state index in [1.807, 2.05) is 54.3 Å². The first-order chi connectivity index (χ1) is 11.6. The van der Waals surface area contributed by atoms with E-state index in [-0.39, 0.29) is 12.5 Å². The molecule has 0 unspecified atom stereocenters. The highest BCUT2D eigenvalue weighted by Gasteiger charge is 2.07. The van der Waals surface area contributed by atoms with Crippen molar-refractivity contribution >= 4 is 11.7 Å². The number of nitrogen functional groups attached to an aromatic ring is 1. The van der Waals surface area contributed by atoms with Crippen LogP contribution in [0.25, 0.3) is 5.69 Å². The minimum atomic E-state index is -0.111. The first-order valence-electron chi connectivity index (χ1n) is 7.77. The number of hydrogen-bond donors (Lipinski definition) is 2. The van der Waals surface area contributed by atoms with E-state index >= 15 is 0 Å². The summed E-state index contributed by atoms with van der Waals surface area (Å²) in [5.74, 6) is 0.382. The minimum Gasteiger partial charge on any atom is -0.384 e. The van der Waals surface area contributed by atoms with E-state index in [1.54, 1.807) is 6.07 Å². The number of benzene rings is 1. The predicted molar refractivity (Wildman–Crippen MR) is 91.7 cm³/mol. The van der Waals surface area contributed by atoms with E-state index in [9.17, 15) is 4.79 Å². The number of aryl methyl sites for hydroxylation is 1. The van der Waals surface area contributed by atoms with Gasteiger partial charge in [0.15, 0.2) is 0 Å². The Labute approximate surface area is 140 Å². The molecule has 0 atom stereocenters. The second-order valence-corrected chi connectivity index (χ2v) is 5.60. The van der Waals surface area contributed by atoms with Gasteiger partial charge in [-0.3, -0.25) is 4.79 Å². The van der Waals surface area contributed by atoms with Crippen molar-refractivity contribution in [2.75, 3.05) is 12.3 Å². The van der Waals surface area contributed by atoms with Crippen LogP contribution < -0.4 is 11.1 Å². The van der Waals surface area contributed by atoms with Crippen LogP contribution in [-0.4, -0.2) is 32.0 Å². The van der Waals surface area contributed by atoms with Crippen LogP contribution >= 0.6 is 0 Å². The highest BCUT2D eigenvalue weighted by atomic mass is 16.2. The predicted octanol–water partition coefficient (Wildman–Crippen LogP) is 1.32. The molecule has 24 heavy (non-hydrogen) atoms. The fraction of sp³-hybridized carbons (Fsp3) is 0.235. The summed E-state index contributed by atoms with van der Waals surface area (Å²) < 4.78 is 3.32. The zero-order valence-electron chi connectivity index (χ0n) is 13.5. The smallest absolute Gasteiger partial charge is 0.241 e. The monoisotopic (exact) mass is 324 g/mol. The zero-order valence-corrected chi connectivity index (χ0v) is 13.5. The number of anilines is 1. The van der Waals surface area contributed by atoms with Crippen molar-refractivity contribution in [3.05, 3.63) is 60.0 Å². The summed E-state index contributed by atoms with van der Waals surface area (Å²) >= 11 is 0. The molecular weight excluding hydrogens is 304 g/mol. The van der Waals surface area contributed by atoms with Gasteiger partial charge in [-0.15, -0.1) is 0 Å². The lowest BCUT2D eigenvalue weighted by atomic mass is 10.2. The molecule has 3 N–H and O–H groups in total. The Kier molecular flexibility index (Phi) is 4.60. The Morgan fingerprint density at radius 1 is 1.29 bits per heavy atom. The Morgan fingerprint density at radius 2 is 2.08 bits per heavy atom. The fourth-order valence-corrected chi connectivity index (χ4v) is 2.44. The molecule has 0 bridgehead atoms. The summed E-state index contributed by atoms with van der Waals surface area (Å²) in [5, 5.41) is 11.4. The first-order valence-corrected chi connectivity index (χ1v) is 7.77. The molecule has 0 spiro atoms. The van der Waals surface area contributed by atoms with Crippen molar-refractivity contribution in [3.8, 4) is 5.69 Å². The number of amides is 1. The van der Waals surface area contributed by atoms with Crippen molar-refractivity contribution in [1.82, 2.24) is 24.9 Å². The molecule has 1 aromatic carbocycles. The third-order valence-corrected chi connectivity index (χ3v) is 3.62. The van der Waals surface area contributed by atoms with Gasteiger partial charge in [-0.05, 0) is 31.0 Å². The van der Waals surface area contributed by atoms with Crippen molar-refractivity contribution in [2.45, 2.75) is 19.9 Å². The van der Waals surface area contributed by atoms with Crippen LogP contribution in [-0.2, 0) is 17.8 Å². The zero-order chi connectivity index (χ0) is 16.9. The van der Waals surface area contributed by atoms with Crippen LogP contribution in [0.2, 0.25) is 0 Å². The summed E-state index contributed by atoms with van der Waals surface area (Å²) in [6, 6.07) is 11.6. The topological polar surface area (TPSA) is 90.8 Å². The molecule has 124 valence electrons. The quantitative estimate of drug-likeness (QED) is 0.715.